The normalized spacial score (nSPS) is 12.0. The van der Waals surface area contributed by atoms with Gasteiger partial charge in [0.2, 0.25) is 6.79 Å². The van der Waals surface area contributed by atoms with Gasteiger partial charge < -0.3 is 24.8 Å². The minimum Gasteiger partial charge on any atom is -0.508 e. The number of para-hydroxylation sites is 1. The van der Waals surface area contributed by atoms with Crippen LogP contribution in [-0.4, -0.2) is 29.9 Å². The number of anilines is 1. The third-order valence-corrected chi connectivity index (χ3v) is 3.37. The number of aromatic hydroxyl groups is 1. The van der Waals surface area contributed by atoms with Gasteiger partial charge in [0.25, 0.3) is 0 Å². The maximum absolute atomic E-state index is 12.2. The van der Waals surface area contributed by atoms with Crippen LogP contribution in [0, 0.1) is 0 Å². The van der Waals surface area contributed by atoms with E-state index in [-0.39, 0.29) is 18.6 Å². The standard InChI is InChI=1S/C16H16N2O4/c1-18(9-11-4-2-3-5-13(11)19)16(20)17-12-6-7-14-15(8-12)22-10-21-14/h2-8,19H,9-10H2,1H3,(H,17,20). The van der Waals surface area contributed by atoms with Crippen molar-refractivity contribution < 1.29 is 19.4 Å². The summed E-state index contributed by atoms with van der Waals surface area (Å²) in [5.41, 5.74) is 1.31. The smallest absolute Gasteiger partial charge is 0.321 e. The number of hydrogen-bond acceptors (Lipinski definition) is 4. The number of ether oxygens (including phenoxy) is 2. The van der Waals surface area contributed by atoms with Crippen LogP contribution >= 0.6 is 0 Å². The van der Waals surface area contributed by atoms with Crippen molar-refractivity contribution in [2.75, 3.05) is 19.2 Å². The molecule has 0 atom stereocenters. The second-order valence-corrected chi connectivity index (χ2v) is 4.98. The van der Waals surface area contributed by atoms with Crippen LogP contribution in [0.4, 0.5) is 10.5 Å². The van der Waals surface area contributed by atoms with Crippen molar-refractivity contribution in [3.8, 4) is 17.2 Å². The minimum absolute atomic E-state index is 0.172. The van der Waals surface area contributed by atoms with Gasteiger partial charge in [0, 0.05) is 24.4 Å². The lowest BCUT2D eigenvalue weighted by Gasteiger charge is -2.18. The molecule has 1 heterocycles. The predicted molar refractivity (Wildman–Crippen MR) is 81.2 cm³/mol. The van der Waals surface area contributed by atoms with Crippen LogP contribution in [0.5, 0.6) is 17.2 Å². The van der Waals surface area contributed by atoms with Crippen molar-refractivity contribution in [3.63, 3.8) is 0 Å². The molecule has 114 valence electrons. The molecule has 0 saturated carbocycles. The number of benzene rings is 2. The summed E-state index contributed by atoms with van der Waals surface area (Å²) in [6.45, 7) is 0.503. The molecule has 0 aliphatic carbocycles. The van der Waals surface area contributed by atoms with Gasteiger partial charge in [-0.25, -0.2) is 4.79 Å². The summed E-state index contributed by atoms with van der Waals surface area (Å²) >= 11 is 0. The van der Waals surface area contributed by atoms with Crippen LogP contribution in [0.15, 0.2) is 42.5 Å². The molecule has 0 unspecified atom stereocenters. The molecule has 0 bridgehead atoms. The molecule has 0 radical (unpaired) electrons. The van der Waals surface area contributed by atoms with Crippen LogP contribution < -0.4 is 14.8 Å². The van der Waals surface area contributed by atoms with E-state index in [1.54, 1.807) is 43.4 Å². The lowest BCUT2D eigenvalue weighted by molar-refractivity contribution is 0.174. The van der Waals surface area contributed by atoms with Crippen molar-refractivity contribution in [1.82, 2.24) is 4.90 Å². The first-order chi connectivity index (χ1) is 10.6. The van der Waals surface area contributed by atoms with E-state index in [0.717, 1.165) is 0 Å². The summed E-state index contributed by atoms with van der Waals surface area (Å²) in [6, 6.07) is 11.9. The number of rotatable bonds is 3. The molecule has 6 heteroatoms. The SMILES string of the molecule is CN(Cc1ccccc1O)C(=O)Nc1ccc2c(c1)OCO2. The molecule has 2 aromatic rings. The number of phenolic OH excluding ortho intramolecular Hbond substituents is 1. The molecule has 0 saturated heterocycles. The summed E-state index contributed by atoms with van der Waals surface area (Å²) in [5, 5.41) is 12.5. The van der Waals surface area contributed by atoms with E-state index in [1.165, 1.54) is 4.90 Å². The largest absolute Gasteiger partial charge is 0.508 e. The van der Waals surface area contributed by atoms with Crippen molar-refractivity contribution in [2.24, 2.45) is 0 Å². The van der Waals surface area contributed by atoms with E-state index in [1.807, 2.05) is 6.07 Å². The Hall–Kier alpha value is -2.89. The fourth-order valence-corrected chi connectivity index (χ4v) is 2.17. The van der Waals surface area contributed by atoms with Gasteiger partial charge in [0.15, 0.2) is 11.5 Å². The van der Waals surface area contributed by atoms with E-state index in [4.69, 9.17) is 9.47 Å². The van der Waals surface area contributed by atoms with Crippen molar-refractivity contribution >= 4 is 11.7 Å². The Morgan fingerprint density at radius 2 is 2.00 bits per heavy atom. The minimum atomic E-state index is -0.276. The second-order valence-electron chi connectivity index (χ2n) is 4.98. The zero-order valence-electron chi connectivity index (χ0n) is 12.1. The molecular formula is C16H16N2O4. The van der Waals surface area contributed by atoms with Crippen molar-refractivity contribution in [2.45, 2.75) is 6.54 Å². The highest BCUT2D eigenvalue weighted by molar-refractivity contribution is 5.89. The third-order valence-electron chi connectivity index (χ3n) is 3.37. The molecule has 2 amide bonds. The number of phenols is 1. The lowest BCUT2D eigenvalue weighted by atomic mass is 10.2. The Kier molecular flexibility index (Phi) is 3.74. The molecule has 2 N–H and O–H groups in total. The van der Waals surface area contributed by atoms with Gasteiger partial charge in [-0.2, -0.15) is 0 Å². The van der Waals surface area contributed by atoms with Crippen LogP contribution in [0.2, 0.25) is 0 Å². The first-order valence-electron chi connectivity index (χ1n) is 6.82. The first kappa shape index (κ1) is 14.1. The molecule has 0 fully saturated rings. The Labute approximate surface area is 127 Å². The monoisotopic (exact) mass is 300 g/mol. The quantitative estimate of drug-likeness (QED) is 0.914. The highest BCUT2D eigenvalue weighted by Gasteiger charge is 2.16. The van der Waals surface area contributed by atoms with Crippen LogP contribution in [0.25, 0.3) is 0 Å². The van der Waals surface area contributed by atoms with Crippen LogP contribution in [-0.2, 0) is 6.54 Å². The topological polar surface area (TPSA) is 71.0 Å². The average molecular weight is 300 g/mol. The number of urea groups is 1. The molecule has 1 aliphatic rings. The fourth-order valence-electron chi connectivity index (χ4n) is 2.17. The van der Waals surface area contributed by atoms with Gasteiger partial charge in [0.05, 0.1) is 6.54 Å². The lowest BCUT2D eigenvalue weighted by Crippen LogP contribution is -2.30. The molecule has 6 nitrogen and oxygen atoms in total. The number of amides is 2. The van der Waals surface area contributed by atoms with Gasteiger partial charge in [-0.3, -0.25) is 0 Å². The van der Waals surface area contributed by atoms with E-state index < -0.39 is 0 Å². The van der Waals surface area contributed by atoms with E-state index in [2.05, 4.69) is 5.32 Å². The maximum Gasteiger partial charge on any atom is 0.321 e. The Balaban J connectivity index is 1.65. The molecule has 0 spiro atoms. The van der Waals surface area contributed by atoms with Gasteiger partial charge in [-0.15, -0.1) is 0 Å². The fraction of sp³-hybridized carbons (Fsp3) is 0.188. The van der Waals surface area contributed by atoms with E-state index >= 15 is 0 Å². The molecular weight excluding hydrogens is 284 g/mol. The molecule has 1 aliphatic heterocycles. The van der Waals surface area contributed by atoms with Gasteiger partial charge in [-0.1, -0.05) is 18.2 Å². The molecule has 22 heavy (non-hydrogen) atoms. The second kappa shape index (κ2) is 5.85. The van der Waals surface area contributed by atoms with Crippen LogP contribution in [0.3, 0.4) is 0 Å². The zero-order valence-corrected chi connectivity index (χ0v) is 12.1. The van der Waals surface area contributed by atoms with E-state index in [0.29, 0.717) is 29.3 Å². The summed E-state index contributed by atoms with van der Waals surface area (Å²) in [5.74, 6) is 1.45. The van der Waals surface area contributed by atoms with Gasteiger partial charge >= 0.3 is 6.03 Å². The predicted octanol–water partition coefficient (Wildman–Crippen LogP) is 2.78. The molecule has 0 aromatic heterocycles. The molecule has 2 aromatic carbocycles. The zero-order chi connectivity index (χ0) is 15.5. The van der Waals surface area contributed by atoms with E-state index in [9.17, 15) is 9.90 Å². The number of carbonyl (C=O) groups excluding carboxylic acids is 1. The Morgan fingerprint density at radius 1 is 1.23 bits per heavy atom. The van der Waals surface area contributed by atoms with Gasteiger partial charge in [0.1, 0.15) is 5.75 Å². The summed E-state index contributed by atoms with van der Waals surface area (Å²) in [7, 11) is 1.66. The maximum atomic E-state index is 12.2. The Morgan fingerprint density at radius 3 is 2.82 bits per heavy atom. The summed E-state index contributed by atoms with van der Waals surface area (Å²) in [4.78, 5) is 13.7. The third kappa shape index (κ3) is 2.90. The number of carbonyl (C=O) groups is 1. The number of nitrogens with one attached hydrogen (secondary N) is 1. The molecule has 3 rings (SSSR count). The average Bonchev–Trinajstić information content (AvgIpc) is 2.97. The highest BCUT2D eigenvalue weighted by atomic mass is 16.7. The summed E-state index contributed by atoms with van der Waals surface area (Å²) < 4.78 is 10.5. The number of nitrogens with zero attached hydrogens (tertiary/aromatic N) is 1. The first-order valence-corrected chi connectivity index (χ1v) is 6.82. The van der Waals surface area contributed by atoms with Crippen molar-refractivity contribution in [1.29, 1.82) is 0 Å². The number of hydrogen-bond donors (Lipinski definition) is 2. The van der Waals surface area contributed by atoms with Crippen LogP contribution in [0.1, 0.15) is 5.56 Å². The Bertz CT molecular complexity index is 702. The highest BCUT2D eigenvalue weighted by Crippen LogP contribution is 2.34. The summed E-state index contributed by atoms with van der Waals surface area (Å²) in [6.07, 6.45) is 0. The number of fused-ring (bicyclic) bond motifs is 1. The van der Waals surface area contributed by atoms with Crippen molar-refractivity contribution in [3.05, 3.63) is 48.0 Å². The van der Waals surface area contributed by atoms with Gasteiger partial charge in [-0.05, 0) is 18.2 Å².